The van der Waals surface area contributed by atoms with E-state index in [0.717, 1.165) is 6.42 Å². The molecule has 0 atom stereocenters. The first-order valence-corrected chi connectivity index (χ1v) is 12.5. The molecule has 0 amide bonds. The van der Waals surface area contributed by atoms with Crippen molar-refractivity contribution in [3.63, 3.8) is 0 Å². The standard InChI is InChI=1S/C26H33Si.3ClH.Ti/c1-18-12-19(2)15-22(14-18)27(8,23-16-20(3)13-21(4)17-23)25-11-9-10-24(25)26(5,6)7;;;;/h11-17H,9H2,1-8H3;3*1H;/q-1;;;;+4/p-3. The molecule has 3 rings (SSSR count). The molecule has 1 aliphatic rings. The largest absolute Gasteiger partial charge is 4.00 e. The predicted molar refractivity (Wildman–Crippen MR) is 122 cm³/mol. The van der Waals surface area contributed by atoms with Gasteiger partial charge in [-0.2, -0.15) is 11.3 Å². The summed E-state index contributed by atoms with van der Waals surface area (Å²) in [5.41, 5.74) is 6.98. The van der Waals surface area contributed by atoms with Crippen LogP contribution in [0.5, 0.6) is 0 Å². The summed E-state index contributed by atoms with van der Waals surface area (Å²) in [5, 5.41) is 4.59. The molecule has 0 saturated heterocycles. The summed E-state index contributed by atoms with van der Waals surface area (Å²) in [6.07, 6.45) is 7.11. The molecular formula is C26H33Cl3SiTi. The van der Waals surface area contributed by atoms with Gasteiger partial charge in [0.25, 0.3) is 0 Å². The van der Waals surface area contributed by atoms with E-state index in [-0.39, 0.29) is 64.4 Å². The maximum atomic E-state index is 3.71. The molecule has 1 aliphatic carbocycles. The third-order valence-corrected chi connectivity index (χ3v) is 10.2. The maximum absolute atomic E-state index is 3.71. The summed E-state index contributed by atoms with van der Waals surface area (Å²) >= 11 is 0. The molecule has 2 aromatic rings. The topological polar surface area (TPSA) is 0 Å². The van der Waals surface area contributed by atoms with E-state index in [2.05, 4.69) is 104 Å². The van der Waals surface area contributed by atoms with Crippen molar-refractivity contribution in [3.8, 4) is 0 Å². The Bertz CT molecular complexity index is 864. The maximum Gasteiger partial charge on any atom is 4.00 e. The van der Waals surface area contributed by atoms with Crippen molar-refractivity contribution < 1.29 is 58.9 Å². The number of rotatable bonds is 3. The van der Waals surface area contributed by atoms with Crippen molar-refractivity contribution in [1.82, 2.24) is 0 Å². The van der Waals surface area contributed by atoms with Crippen LogP contribution in [0.3, 0.4) is 0 Å². The Morgan fingerprint density at radius 3 is 1.39 bits per heavy atom. The van der Waals surface area contributed by atoms with Gasteiger partial charge in [-0.15, -0.1) is 6.42 Å². The van der Waals surface area contributed by atoms with E-state index in [1.807, 2.05) is 0 Å². The molecule has 0 aromatic heterocycles. The second kappa shape index (κ2) is 12.3. The summed E-state index contributed by atoms with van der Waals surface area (Å²) in [5.74, 6) is 0. The molecule has 2 aromatic carbocycles. The van der Waals surface area contributed by atoms with Crippen LogP contribution >= 0.6 is 0 Å². The second-order valence-electron chi connectivity index (χ2n) is 9.50. The van der Waals surface area contributed by atoms with Gasteiger partial charge >= 0.3 is 21.7 Å². The quantitative estimate of drug-likeness (QED) is 0.291. The molecule has 0 nitrogen and oxygen atoms in total. The van der Waals surface area contributed by atoms with Crippen LogP contribution in [0.4, 0.5) is 0 Å². The van der Waals surface area contributed by atoms with Crippen LogP contribution in [-0.2, 0) is 21.7 Å². The monoisotopic (exact) mass is 526 g/mol. The van der Waals surface area contributed by atoms with Gasteiger partial charge in [0.2, 0.25) is 0 Å². The van der Waals surface area contributed by atoms with Crippen molar-refractivity contribution in [2.75, 3.05) is 0 Å². The molecule has 5 heteroatoms. The van der Waals surface area contributed by atoms with Gasteiger partial charge in [0.05, 0.1) is 8.07 Å². The van der Waals surface area contributed by atoms with Crippen molar-refractivity contribution >= 4 is 18.4 Å². The molecule has 0 unspecified atom stereocenters. The summed E-state index contributed by atoms with van der Waals surface area (Å²) in [6, 6.07) is 14.3. The van der Waals surface area contributed by atoms with Crippen LogP contribution < -0.4 is 47.6 Å². The number of allylic oxidation sites excluding steroid dienone is 4. The fraction of sp³-hybridized carbons (Fsp3) is 0.385. The van der Waals surface area contributed by atoms with Crippen LogP contribution in [-0.4, -0.2) is 8.07 Å². The molecule has 31 heavy (non-hydrogen) atoms. The van der Waals surface area contributed by atoms with Crippen LogP contribution in [0.25, 0.3) is 0 Å². The van der Waals surface area contributed by atoms with Crippen molar-refractivity contribution in [3.05, 3.63) is 81.6 Å². The van der Waals surface area contributed by atoms with Gasteiger partial charge in [0.1, 0.15) is 0 Å². The number of halogens is 3. The minimum absolute atomic E-state index is 0. The van der Waals surface area contributed by atoms with Crippen molar-refractivity contribution in [2.45, 2.75) is 61.4 Å². The van der Waals surface area contributed by atoms with Gasteiger partial charge in [-0.25, -0.2) is 5.57 Å². The number of benzene rings is 2. The molecule has 0 aliphatic heterocycles. The molecule has 0 saturated carbocycles. The first-order chi connectivity index (χ1) is 12.5. The van der Waals surface area contributed by atoms with Gasteiger partial charge in [-0.3, -0.25) is 6.08 Å². The zero-order valence-corrected chi connectivity index (χ0v) is 24.7. The normalized spacial score (nSPS) is 13.0. The Hall–Kier alpha value is -0.279. The average Bonchev–Trinajstić information content (AvgIpc) is 3.02. The van der Waals surface area contributed by atoms with Gasteiger partial charge in [0.15, 0.2) is 0 Å². The third-order valence-electron chi connectivity index (χ3n) is 5.74. The zero-order valence-electron chi connectivity index (χ0n) is 19.9. The summed E-state index contributed by atoms with van der Waals surface area (Å²) in [7, 11) is -2.11. The Morgan fingerprint density at radius 2 is 1.06 bits per heavy atom. The Balaban J connectivity index is 0. The minimum atomic E-state index is -2.11. The van der Waals surface area contributed by atoms with Gasteiger partial charge in [-0.05, 0) is 33.1 Å². The van der Waals surface area contributed by atoms with Crippen molar-refractivity contribution in [1.29, 1.82) is 0 Å². The fourth-order valence-corrected chi connectivity index (χ4v) is 9.07. The molecule has 0 N–H and O–H groups in total. The molecular weight excluding hydrogens is 495 g/mol. The Morgan fingerprint density at radius 1 is 0.710 bits per heavy atom. The predicted octanol–water partition coefficient (Wildman–Crippen LogP) is -3.23. The Kier molecular flexibility index (Phi) is 13.0. The number of hydrogen-bond donors (Lipinski definition) is 0. The van der Waals surface area contributed by atoms with Gasteiger partial charge in [0, 0.05) is 0 Å². The molecule has 0 spiro atoms. The van der Waals surface area contributed by atoms with Crippen LogP contribution in [0.1, 0.15) is 49.4 Å². The average molecular weight is 528 g/mol. The summed E-state index contributed by atoms with van der Waals surface area (Å²) in [4.78, 5) is 0. The smallest absolute Gasteiger partial charge is 1.00 e. The Labute approximate surface area is 224 Å². The molecule has 0 heterocycles. The van der Waals surface area contributed by atoms with Crippen LogP contribution in [0, 0.1) is 39.2 Å². The minimum Gasteiger partial charge on any atom is -1.00 e. The first-order valence-electron chi connectivity index (χ1n) is 10.0. The summed E-state index contributed by atoms with van der Waals surface area (Å²) in [6.45, 7) is 18.4. The molecule has 166 valence electrons. The second-order valence-corrected chi connectivity index (χ2v) is 13.4. The van der Waals surface area contributed by atoms with E-state index < -0.39 is 8.07 Å². The molecule has 0 bridgehead atoms. The van der Waals surface area contributed by atoms with E-state index in [1.165, 1.54) is 38.2 Å². The van der Waals surface area contributed by atoms with E-state index >= 15 is 0 Å². The fourth-order valence-electron chi connectivity index (χ4n) is 4.58. The van der Waals surface area contributed by atoms with E-state index in [4.69, 9.17) is 0 Å². The van der Waals surface area contributed by atoms with Gasteiger partial charge in [-0.1, -0.05) is 96.3 Å². The molecule has 0 fully saturated rings. The number of hydrogen-bond acceptors (Lipinski definition) is 0. The van der Waals surface area contributed by atoms with Crippen molar-refractivity contribution in [2.24, 2.45) is 5.41 Å². The van der Waals surface area contributed by atoms with E-state index in [0.29, 0.717) is 0 Å². The van der Waals surface area contributed by atoms with Crippen LogP contribution in [0.2, 0.25) is 6.55 Å². The first kappa shape index (κ1) is 32.9. The SMILES string of the molecule is Cc1cc(C)cc([Si](C)(C2=CC[C-]=C2C(C)(C)C)c2cc(C)cc(C)c2)c1.[Cl-].[Cl-].[Cl-].[Ti+4]. The van der Waals surface area contributed by atoms with E-state index in [9.17, 15) is 0 Å². The molecule has 0 radical (unpaired) electrons. The summed E-state index contributed by atoms with van der Waals surface area (Å²) < 4.78 is 0. The number of aryl methyl sites for hydroxylation is 4. The van der Waals surface area contributed by atoms with E-state index in [1.54, 1.807) is 5.20 Å². The van der Waals surface area contributed by atoms with Gasteiger partial charge < -0.3 is 37.2 Å². The zero-order chi connectivity index (χ0) is 20.0. The van der Waals surface area contributed by atoms with Crippen LogP contribution in [0.15, 0.2) is 53.2 Å². The third kappa shape index (κ3) is 6.86.